The highest BCUT2D eigenvalue weighted by Gasteiger charge is 2.33. The molecule has 2 bridgehead atoms. The predicted octanol–water partition coefficient (Wildman–Crippen LogP) is 4.56. The molecule has 0 radical (unpaired) electrons. The Bertz CT molecular complexity index is 724. The van der Waals surface area contributed by atoms with Crippen molar-refractivity contribution in [3.63, 3.8) is 0 Å². The molecule has 3 atom stereocenters. The van der Waals surface area contributed by atoms with E-state index in [-0.39, 0.29) is 11.7 Å². The first-order chi connectivity index (χ1) is 12.6. The van der Waals surface area contributed by atoms with Crippen LogP contribution in [0, 0.1) is 0 Å². The lowest BCUT2D eigenvalue weighted by Gasteiger charge is -2.34. The van der Waals surface area contributed by atoms with Gasteiger partial charge in [-0.25, -0.2) is 8.78 Å². The van der Waals surface area contributed by atoms with Gasteiger partial charge in [-0.15, -0.1) is 0 Å². The van der Waals surface area contributed by atoms with E-state index in [9.17, 15) is 8.78 Å². The van der Waals surface area contributed by atoms with Gasteiger partial charge in [0.25, 0.3) is 6.43 Å². The van der Waals surface area contributed by atoms with E-state index >= 15 is 0 Å². The number of anilines is 2. The van der Waals surface area contributed by atoms with Crippen LogP contribution in [0.5, 0.6) is 0 Å². The highest BCUT2D eigenvalue weighted by atomic mass is 19.3. The van der Waals surface area contributed by atoms with Gasteiger partial charge >= 0.3 is 0 Å². The van der Waals surface area contributed by atoms with Crippen LogP contribution in [0.25, 0.3) is 0 Å². The van der Waals surface area contributed by atoms with E-state index in [1.165, 1.54) is 18.0 Å². The maximum Gasteiger partial charge on any atom is 0.280 e. The van der Waals surface area contributed by atoms with Crippen molar-refractivity contribution in [3.8, 4) is 0 Å². The second kappa shape index (κ2) is 7.19. The molecule has 1 N–H and O–H groups in total. The third-order valence-electron chi connectivity index (χ3n) is 5.19. The van der Waals surface area contributed by atoms with Crippen molar-refractivity contribution in [2.24, 2.45) is 0 Å². The van der Waals surface area contributed by atoms with Gasteiger partial charge in [0.1, 0.15) is 5.69 Å². The standard InChI is InChI=1S/C20H23F2N3O/c1-13(14-2-9-19(20(21)22)23-10-14)24-15-3-5-16(6-4-15)25-11-17-7-8-18(12-25)26-17/h2-6,9-10,13,17-18,20,24H,7-8,11-12H2,1H3. The van der Waals surface area contributed by atoms with Crippen molar-refractivity contribution in [2.75, 3.05) is 23.3 Å². The van der Waals surface area contributed by atoms with E-state index in [1.54, 1.807) is 6.07 Å². The maximum atomic E-state index is 12.6. The van der Waals surface area contributed by atoms with Gasteiger partial charge in [0.2, 0.25) is 0 Å². The summed E-state index contributed by atoms with van der Waals surface area (Å²) in [5, 5.41) is 3.40. The Morgan fingerprint density at radius 1 is 1.08 bits per heavy atom. The monoisotopic (exact) mass is 359 g/mol. The maximum absolute atomic E-state index is 12.6. The third kappa shape index (κ3) is 3.65. The van der Waals surface area contributed by atoms with Crippen LogP contribution in [-0.4, -0.2) is 30.3 Å². The first-order valence-corrected chi connectivity index (χ1v) is 9.09. The van der Waals surface area contributed by atoms with Gasteiger partial charge < -0.3 is 15.0 Å². The molecule has 2 aliphatic heterocycles. The molecule has 4 rings (SSSR count). The molecule has 6 heteroatoms. The van der Waals surface area contributed by atoms with E-state index in [0.717, 1.165) is 37.2 Å². The molecule has 0 spiro atoms. The molecular weight excluding hydrogens is 336 g/mol. The number of nitrogens with one attached hydrogen (secondary N) is 1. The van der Waals surface area contributed by atoms with E-state index in [2.05, 4.69) is 39.5 Å². The Morgan fingerprint density at radius 2 is 1.77 bits per heavy atom. The molecule has 0 amide bonds. The molecule has 2 aliphatic rings. The lowest BCUT2D eigenvalue weighted by atomic mass is 10.1. The van der Waals surface area contributed by atoms with Gasteiger partial charge in [-0.05, 0) is 55.7 Å². The van der Waals surface area contributed by atoms with Crippen LogP contribution in [-0.2, 0) is 4.74 Å². The zero-order chi connectivity index (χ0) is 18.1. The summed E-state index contributed by atoms with van der Waals surface area (Å²) >= 11 is 0. The summed E-state index contributed by atoms with van der Waals surface area (Å²) in [6.45, 7) is 3.91. The minimum atomic E-state index is -2.53. The minimum absolute atomic E-state index is 0.0145. The first-order valence-electron chi connectivity index (χ1n) is 9.09. The highest BCUT2D eigenvalue weighted by Crippen LogP contribution is 2.30. The van der Waals surface area contributed by atoms with Gasteiger partial charge in [0, 0.05) is 30.7 Å². The molecule has 0 aliphatic carbocycles. The third-order valence-corrected chi connectivity index (χ3v) is 5.19. The molecule has 2 aromatic rings. The van der Waals surface area contributed by atoms with E-state index in [1.807, 2.05) is 6.92 Å². The van der Waals surface area contributed by atoms with Crippen LogP contribution in [0.1, 0.15) is 43.5 Å². The molecule has 2 fully saturated rings. The summed E-state index contributed by atoms with van der Waals surface area (Å²) in [5.74, 6) is 0. The summed E-state index contributed by atoms with van der Waals surface area (Å²) in [5.41, 5.74) is 2.90. The smallest absolute Gasteiger partial charge is 0.280 e. The van der Waals surface area contributed by atoms with Crippen LogP contribution in [0.2, 0.25) is 0 Å². The molecule has 1 aromatic heterocycles. The van der Waals surface area contributed by atoms with Gasteiger partial charge in [-0.2, -0.15) is 0 Å². The fraction of sp³-hybridized carbons (Fsp3) is 0.450. The van der Waals surface area contributed by atoms with Crippen molar-refractivity contribution < 1.29 is 13.5 Å². The molecule has 4 nitrogen and oxygen atoms in total. The Labute approximate surface area is 152 Å². The lowest BCUT2D eigenvalue weighted by molar-refractivity contribution is 0.0305. The van der Waals surface area contributed by atoms with Crippen molar-refractivity contribution >= 4 is 11.4 Å². The molecule has 26 heavy (non-hydrogen) atoms. The molecule has 0 saturated carbocycles. The van der Waals surface area contributed by atoms with Crippen molar-refractivity contribution in [1.29, 1.82) is 0 Å². The van der Waals surface area contributed by atoms with Gasteiger partial charge in [0.05, 0.1) is 18.2 Å². The van der Waals surface area contributed by atoms with Crippen LogP contribution in [0.3, 0.4) is 0 Å². The summed E-state index contributed by atoms with van der Waals surface area (Å²) in [7, 11) is 0. The van der Waals surface area contributed by atoms with Crippen molar-refractivity contribution in [2.45, 2.75) is 44.4 Å². The summed E-state index contributed by atoms with van der Waals surface area (Å²) in [6, 6.07) is 11.4. The summed E-state index contributed by atoms with van der Waals surface area (Å²) < 4.78 is 31.1. The zero-order valence-corrected chi connectivity index (χ0v) is 14.7. The highest BCUT2D eigenvalue weighted by molar-refractivity contribution is 5.56. The Balaban J connectivity index is 1.39. The van der Waals surface area contributed by atoms with Gasteiger partial charge in [0.15, 0.2) is 0 Å². The number of benzene rings is 1. The minimum Gasteiger partial charge on any atom is -0.378 e. The zero-order valence-electron chi connectivity index (χ0n) is 14.7. The van der Waals surface area contributed by atoms with Crippen LogP contribution in [0.15, 0.2) is 42.6 Å². The largest absolute Gasteiger partial charge is 0.378 e. The first kappa shape index (κ1) is 17.2. The van der Waals surface area contributed by atoms with Crippen LogP contribution < -0.4 is 10.2 Å². The average molecular weight is 359 g/mol. The Kier molecular flexibility index (Phi) is 4.76. The SMILES string of the molecule is CC(Nc1ccc(N2CC3CCC(C2)O3)cc1)c1ccc(C(F)F)nc1. The summed E-state index contributed by atoms with van der Waals surface area (Å²) in [4.78, 5) is 6.22. The molecular formula is C20H23F2N3O. The number of ether oxygens (including phenoxy) is 1. The molecule has 2 saturated heterocycles. The number of aromatic nitrogens is 1. The number of hydrogen-bond acceptors (Lipinski definition) is 4. The van der Waals surface area contributed by atoms with E-state index in [0.29, 0.717) is 12.2 Å². The molecule has 3 unspecified atom stereocenters. The molecule has 138 valence electrons. The lowest BCUT2D eigenvalue weighted by Crippen LogP contribution is -2.42. The number of morpholine rings is 1. The number of alkyl halides is 2. The Morgan fingerprint density at radius 3 is 2.35 bits per heavy atom. The van der Waals surface area contributed by atoms with Gasteiger partial charge in [-0.1, -0.05) is 6.07 Å². The van der Waals surface area contributed by atoms with Crippen molar-refractivity contribution in [3.05, 3.63) is 53.9 Å². The number of halogens is 2. The van der Waals surface area contributed by atoms with Crippen LogP contribution in [0.4, 0.5) is 20.2 Å². The number of pyridine rings is 1. The normalized spacial score (nSPS) is 23.3. The predicted molar refractivity (Wildman–Crippen MR) is 97.8 cm³/mol. The van der Waals surface area contributed by atoms with E-state index in [4.69, 9.17) is 4.74 Å². The molecule has 1 aromatic carbocycles. The van der Waals surface area contributed by atoms with Crippen molar-refractivity contribution in [1.82, 2.24) is 4.98 Å². The number of rotatable bonds is 5. The number of hydrogen-bond donors (Lipinski definition) is 1. The summed E-state index contributed by atoms with van der Waals surface area (Å²) in [6.07, 6.45) is 2.05. The average Bonchev–Trinajstić information content (AvgIpc) is 3.00. The fourth-order valence-electron chi connectivity index (χ4n) is 3.73. The topological polar surface area (TPSA) is 37.4 Å². The van der Waals surface area contributed by atoms with Crippen LogP contribution >= 0.6 is 0 Å². The second-order valence-corrected chi connectivity index (χ2v) is 7.09. The second-order valence-electron chi connectivity index (χ2n) is 7.09. The number of fused-ring (bicyclic) bond motifs is 2. The van der Waals surface area contributed by atoms with Gasteiger partial charge in [-0.3, -0.25) is 4.98 Å². The number of nitrogens with zero attached hydrogens (tertiary/aromatic N) is 2. The fourth-order valence-corrected chi connectivity index (χ4v) is 3.73. The quantitative estimate of drug-likeness (QED) is 0.849. The van der Waals surface area contributed by atoms with E-state index < -0.39 is 6.43 Å². The molecule has 3 heterocycles. The Hall–Kier alpha value is -2.21.